The SMILES string of the molecule is [B]c1cnc2c(c1)CCC2(C)O. The fraction of sp³-hybridized carbons (Fsp3) is 0.444. The maximum absolute atomic E-state index is 9.83. The summed E-state index contributed by atoms with van der Waals surface area (Å²) in [5, 5.41) is 9.83. The van der Waals surface area contributed by atoms with Crippen molar-refractivity contribution in [3.8, 4) is 0 Å². The minimum Gasteiger partial charge on any atom is -0.384 e. The normalized spacial score (nSPS) is 27.2. The van der Waals surface area contributed by atoms with Gasteiger partial charge in [-0.1, -0.05) is 11.5 Å². The lowest BCUT2D eigenvalue weighted by molar-refractivity contribution is 0.0554. The standard InChI is InChI=1S/C9H10BNO/c1-9(12)3-2-6-4-7(10)5-11-8(6)9/h4-5,12H,2-3H2,1H3. The number of hydrogen-bond donors (Lipinski definition) is 1. The molecule has 0 fully saturated rings. The summed E-state index contributed by atoms with van der Waals surface area (Å²) in [5.74, 6) is 0. The molecule has 1 aromatic rings. The Kier molecular flexibility index (Phi) is 1.52. The summed E-state index contributed by atoms with van der Waals surface area (Å²) in [6.45, 7) is 1.79. The molecule has 2 rings (SSSR count). The maximum atomic E-state index is 9.83. The molecule has 1 aliphatic rings. The van der Waals surface area contributed by atoms with Crippen molar-refractivity contribution in [1.29, 1.82) is 0 Å². The van der Waals surface area contributed by atoms with E-state index in [-0.39, 0.29) is 0 Å². The van der Waals surface area contributed by atoms with E-state index in [2.05, 4.69) is 4.98 Å². The molecule has 1 unspecified atom stereocenters. The van der Waals surface area contributed by atoms with E-state index < -0.39 is 5.60 Å². The van der Waals surface area contributed by atoms with Crippen LogP contribution in [-0.4, -0.2) is 17.9 Å². The molecular formula is C9H10BNO. The second-order valence-corrected chi connectivity index (χ2v) is 3.55. The predicted molar refractivity (Wildman–Crippen MR) is 47.5 cm³/mol. The zero-order valence-corrected chi connectivity index (χ0v) is 7.04. The lowest BCUT2D eigenvalue weighted by Gasteiger charge is -2.15. The van der Waals surface area contributed by atoms with Crippen LogP contribution < -0.4 is 5.46 Å². The van der Waals surface area contributed by atoms with Crippen molar-refractivity contribution in [3.63, 3.8) is 0 Å². The van der Waals surface area contributed by atoms with E-state index in [0.717, 1.165) is 24.1 Å². The molecule has 2 nitrogen and oxygen atoms in total. The topological polar surface area (TPSA) is 33.1 Å². The van der Waals surface area contributed by atoms with E-state index in [9.17, 15) is 5.11 Å². The first-order valence-electron chi connectivity index (χ1n) is 4.07. The zero-order chi connectivity index (χ0) is 8.77. The third kappa shape index (κ3) is 1.05. The van der Waals surface area contributed by atoms with Crippen LogP contribution in [-0.2, 0) is 12.0 Å². The number of fused-ring (bicyclic) bond motifs is 1. The largest absolute Gasteiger partial charge is 0.384 e. The third-order valence-corrected chi connectivity index (χ3v) is 2.38. The number of nitrogens with zero attached hydrogens (tertiary/aromatic N) is 1. The van der Waals surface area contributed by atoms with Crippen LogP contribution in [0, 0.1) is 0 Å². The van der Waals surface area contributed by atoms with Crippen LogP contribution in [0.2, 0.25) is 0 Å². The highest BCUT2D eigenvalue weighted by molar-refractivity contribution is 6.32. The van der Waals surface area contributed by atoms with Crippen LogP contribution in [0.15, 0.2) is 12.3 Å². The number of rotatable bonds is 0. The van der Waals surface area contributed by atoms with Crippen molar-refractivity contribution < 1.29 is 5.11 Å². The number of aliphatic hydroxyl groups is 1. The Bertz CT molecular complexity index is 322. The minimum absolute atomic E-state index is 0.673. The molecule has 1 atom stereocenters. The fourth-order valence-corrected chi connectivity index (χ4v) is 1.70. The van der Waals surface area contributed by atoms with Gasteiger partial charge in [-0.25, -0.2) is 0 Å². The summed E-state index contributed by atoms with van der Waals surface area (Å²) in [6, 6.07) is 1.89. The summed E-state index contributed by atoms with van der Waals surface area (Å²) in [4.78, 5) is 4.14. The van der Waals surface area contributed by atoms with Gasteiger partial charge in [0.15, 0.2) is 0 Å². The van der Waals surface area contributed by atoms with Crippen LogP contribution in [0.3, 0.4) is 0 Å². The van der Waals surface area contributed by atoms with Crippen molar-refractivity contribution in [2.45, 2.75) is 25.4 Å². The first kappa shape index (κ1) is 7.81. The smallest absolute Gasteiger partial charge is 0.115 e. The van der Waals surface area contributed by atoms with Gasteiger partial charge in [0.05, 0.1) is 5.69 Å². The van der Waals surface area contributed by atoms with Gasteiger partial charge in [-0.15, -0.1) is 0 Å². The highest BCUT2D eigenvalue weighted by atomic mass is 16.3. The van der Waals surface area contributed by atoms with E-state index in [1.54, 1.807) is 13.1 Å². The van der Waals surface area contributed by atoms with E-state index >= 15 is 0 Å². The van der Waals surface area contributed by atoms with Gasteiger partial charge in [0.25, 0.3) is 0 Å². The van der Waals surface area contributed by atoms with Gasteiger partial charge in [-0.3, -0.25) is 4.98 Å². The van der Waals surface area contributed by atoms with Gasteiger partial charge in [0.2, 0.25) is 0 Å². The summed E-state index contributed by atoms with van der Waals surface area (Å²) in [7, 11) is 5.58. The van der Waals surface area contributed by atoms with E-state index in [0.29, 0.717) is 5.46 Å². The second kappa shape index (κ2) is 2.33. The molecule has 1 N–H and O–H groups in total. The van der Waals surface area contributed by atoms with Crippen LogP contribution in [0.1, 0.15) is 24.6 Å². The molecule has 1 heterocycles. The first-order chi connectivity index (χ1) is 5.59. The molecule has 60 valence electrons. The number of aryl methyl sites for hydroxylation is 1. The Hall–Kier alpha value is -0.825. The molecular weight excluding hydrogens is 149 g/mol. The van der Waals surface area contributed by atoms with Crippen molar-refractivity contribution >= 4 is 13.3 Å². The number of hydrogen-bond acceptors (Lipinski definition) is 2. The van der Waals surface area contributed by atoms with Crippen molar-refractivity contribution in [1.82, 2.24) is 4.98 Å². The summed E-state index contributed by atoms with van der Waals surface area (Å²) < 4.78 is 0. The first-order valence-corrected chi connectivity index (χ1v) is 4.07. The lowest BCUT2D eigenvalue weighted by atomic mass is 9.95. The van der Waals surface area contributed by atoms with E-state index in [1.807, 2.05) is 6.07 Å². The Morgan fingerprint density at radius 2 is 2.42 bits per heavy atom. The van der Waals surface area contributed by atoms with E-state index in [1.165, 1.54) is 0 Å². The van der Waals surface area contributed by atoms with Crippen LogP contribution in [0.4, 0.5) is 0 Å². The van der Waals surface area contributed by atoms with Gasteiger partial charge in [0.1, 0.15) is 13.4 Å². The van der Waals surface area contributed by atoms with Crippen LogP contribution in [0.25, 0.3) is 0 Å². The van der Waals surface area contributed by atoms with Gasteiger partial charge in [-0.05, 0) is 25.3 Å². The summed E-state index contributed by atoms with van der Waals surface area (Å²) in [6.07, 6.45) is 3.22. The van der Waals surface area contributed by atoms with Gasteiger partial charge < -0.3 is 5.11 Å². The summed E-state index contributed by atoms with van der Waals surface area (Å²) in [5.41, 5.74) is 1.80. The Morgan fingerprint density at radius 3 is 3.17 bits per heavy atom. The Labute approximate surface area is 73.1 Å². The van der Waals surface area contributed by atoms with Crippen LogP contribution >= 0.6 is 0 Å². The number of aromatic nitrogens is 1. The maximum Gasteiger partial charge on any atom is 0.115 e. The van der Waals surface area contributed by atoms with Crippen molar-refractivity contribution in [3.05, 3.63) is 23.5 Å². The molecule has 0 saturated heterocycles. The van der Waals surface area contributed by atoms with Gasteiger partial charge >= 0.3 is 0 Å². The molecule has 0 aromatic carbocycles. The quantitative estimate of drug-likeness (QED) is 0.541. The third-order valence-electron chi connectivity index (χ3n) is 2.38. The molecule has 0 saturated carbocycles. The Balaban J connectivity index is 2.55. The number of pyridine rings is 1. The van der Waals surface area contributed by atoms with Crippen LogP contribution in [0.5, 0.6) is 0 Å². The van der Waals surface area contributed by atoms with Gasteiger partial charge in [-0.2, -0.15) is 0 Å². The molecule has 1 aromatic heterocycles. The summed E-state index contributed by atoms with van der Waals surface area (Å²) >= 11 is 0. The fourth-order valence-electron chi connectivity index (χ4n) is 1.70. The molecule has 1 aliphatic carbocycles. The minimum atomic E-state index is -0.747. The molecule has 12 heavy (non-hydrogen) atoms. The highest BCUT2D eigenvalue weighted by Gasteiger charge is 2.33. The van der Waals surface area contributed by atoms with E-state index in [4.69, 9.17) is 7.85 Å². The molecule has 0 amide bonds. The zero-order valence-electron chi connectivity index (χ0n) is 7.04. The molecule has 0 spiro atoms. The van der Waals surface area contributed by atoms with Crippen molar-refractivity contribution in [2.75, 3.05) is 0 Å². The lowest BCUT2D eigenvalue weighted by Crippen LogP contribution is -2.19. The molecule has 0 bridgehead atoms. The van der Waals surface area contributed by atoms with Crippen molar-refractivity contribution in [2.24, 2.45) is 0 Å². The molecule has 0 aliphatic heterocycles. The highest BCUT2D eigenvalue weighted by Crippen LogP contribution is 2.33. The van der Waals surface area contributed by atoms with Gasteiger partial charge in [0, 0.05) is 6.20 Å². The Morgan fingerprint density at radius 1 is 1.67 bits per heavy atom. The average Bonchev–Trinajstić information content (AvgIpc) is 2.27. The second-order valence-electron chi connectivity index (χ2n) is 3.55. The monoisotopic (exact) mass is 159 g/mol. The molecule has 2 radical (unpaired) electrons. The predicted octanol–water partition coefficient (Wildman–Crippen LogP) is 0.0291. The molecule has 3 heteroatoms. The average molecular weight is 159 g/mol.